The number of aliphatic hydroxyl groups excluding tert-OH is 1. The van der Waals surface area contributed by atoms with E-state index in [1.165, 1.54) is 12.1 Å². The van der Waals surface area contributed by atoms with Crippen LogP contribution >= 0.6 is 15.9 Å². The zero-order valence-corrected chi connectivity index (χ0v) is 10.6. The molecule has 0 aliphatic heterocycles. The Hall–Kier alpha value is -1.27. The Morgan fingerprint density at radius 1 is 1.53 bits per heavy atom. The molecule has 0 aliphatic rings. The van der Waals surface area contributed by atoms with Gasteiger partial charge >= 0.3 is 0 Å². The van der Waals surface area contributed by atoms with Crippen LogP contribution in [0.15, 0.2) is 27.2 Å². The zero-order chi connectivity index (χ0) is 12.4. The molecule has 2 aromatic rings. The topological polar surface area (TPSA) is 59.2 Å². The average molecular weight is 301 g/mol. The first kappa shape index (κ1) is 12.2. The summed E-state index contributed by atoms with van der Waals surface area (Å²) in [5.74, 6) is -0.00322. The van der Waals surface area contributed by atoms with Crippen LogP contribution in [0.25, 0.3) is 11.5 Å². The van der Waals surface area contributed by atoms with Gasteiger partial charge in [0.2, 0.25) is 5.82 Å². The van der Waals surface area contributed by atoms with Crippen molar-refractivity contribution in [2.45, 2.75) is 19.4 Å². The summed E-state index contributed by atoms with van der Waals surface area (Å²) in [4.78, 5) is 4.03. The smallest absolute Gasteiger partial charge is 0.259 e. The van der Waals surface area contributed by atoms with Crippen molar-refractivity contribution in [3.8, 4) is 11.5 Å². The Balaban J connectivity index is 2.40. The van der Waals surface area contributed by atoms with Gasteiger partial charge in [-0.05, 0) is 40.5 Å². The molecule has 1 atom stereocenters. The fourth-order valence-corrected chi connectivity index (χ4v) is 1.74. The molecule has 0 spiro atoms. The number of rotatable bonds is 3. The maximum atomic E-state index is 13.1. The van der Waals surface area contributed by atoms with E-state index < -0.39 is 6.10 Å². The van der Waals surface area contributed by atoms with Crippen LogP contribution in [0.1, 0.15) is 25.3 Å². The number of hydrogen-bond acceptors (Lipinski definition) is 4. The monoisotopic (exact) mass is 300 g/mol. The highest BCUT2D eigenvalue weighted by Crippen LogP contribution is 2.28. The van der Waals surface area contributed by atoms with Gasteiger partial charge in [0.1, 0.15) is 11.9 Å². The van der Waals surface area contributed by atoms with E-state index in [-0.39, 0.29) is 17.5 Å². The van der Waals surface area contributed by atoms with Gasteiger partial charge in [0.05, 0.1) is 5.56 Å². The molecule has 0 saturated carbocycles. The summed E-state index contributed by atoms with van der Waals surface area (Å²) < 4.78 is 18.7. The van der Waals surface area contributed by atoms with E-state index >= 15 is 0 Å². The van der Waals surface area contributed by atoms with Crippen molar-refractivity contribution in [1.82, 2.24) is 10.1 Å². The van der Waals surface area contributed by atoms with E-state index in [1.807, 2.05) is 0 Å². The van der Waals surface area contributed by atoms with E-state index in [0.29, 0.717) is 16.5 Å². The van der Waals surface area contributed by atoms with Crippen molar-refractivity contribution in [2.24, 2.45) is 0 Å². The summed E-state index contributed by atoms with van der Waals surface area (Å²) in [7, 11) is 0. The lowest BCUT2D eigenvalue weighted by Gasteiger charge is -1.99. The molecule has 4 nitrogen and oxygen atoms in total. The SMILES string of the molecule is CCC(O)c1noc(-c2cc(F)ccc2Br)n1. The van der Waals surface area contributed by atoms with Gasteiger partial charge < -0.3 is 9.63 Å². The van der Waals surface area contributed by atoms with Crippen molar-refractivity contribution < 1.29 is 14.0 Å². The first-order valence-electron chi connectivity index (χ1n) is 5.09. The maximum Gasteiger partial charge on any atom is 0.259 e. The molecule has 1 N–H and O–H groups in total. The lowest BCUT2D eigenvalue weighted by molar-refractivity contribution is 0.159. The van der Waals surface area contributed by atoms with Crippen molar-refractivity contribution in [1.29, 1.82) is 0 Å². The molecule has 1 aromatic heterocycles. The molecule has 0 radical (unpaired) electrons. The summed E-state index contributed by atoms with van der Waals surface area (Å²) in [5, 5.41) is 13.2. The third-order valence-corrected chi connectivity index (χ3v) is 2.98. The molecule has 17 heavy (non-hydrogen) atoms. The van der Waals surface area contributed by atoms with E-state index in [0.717, 1.165) is 0 Å². The highest BCUT2D eigenvalue weighted by molar-refractivity contribution is 9.10. The van der Waals surface area contributed by atoms with Gasteiger partial charge in [0.15, 0.2) is 0 Å². The Morgan fingerprint density at radius 3 is 3.00 bits per heavy atom. The molecule has 1 unspecified atom stereocenters. The maximum absolute atomic E-state index is 13.1. The van der Waals surface area contributed by atoms with Crippen LogP contribution in [-0.2, 0) is 0 Å². The minimum Gasteiger partial charge on any atom is -0.385 e. The van der Waals surface area contributed by atoms with Crippen LogP contribution in [0.3, 0.4) is 0 Å². The Bertz CT molecular complexity index is 530. The molecule has 2 rings (SSSR count). The summed E-state index contributed by atoms with van der Waals surface area (Å²) in [6.45, 7) is 1.80. The second kappa shape index (κ2) is 4.93. The molecule has 90 valence electrons. The van der Waals surface area contributed by atoms with Gasteiger partial charge in [-0.25, -0.2) is 4.39 Å². The molecule has 0 aliphatic carbocycles. The van der Waals surface area contributed by atoms with Gasteiger partial charge in [0.25, 0.3) is 5.89 Å². The summed E-state index contributed by atoms with van der Waals surface area (Å²) in [6, 6.07) is 4.18. The summed E-state index contributed by atoms with van der Waals surface area (Å²) in [6.07, 6.45) is -0.275. The third-order valence-electron chi connectivity index (χ3n) is 2.29. The van der Waals surface area contributed by atoms with Gasteiger partial charge in [-0.15, -0.1) is 0 Å². The molecule has 1 heterocycles. The van der Waals surface area contributed by atoms with Gasteiger partial charge in [-0.1, -0.05) is 12.1 Å². The fraction of sp³-hybridized carbons (Fsp3) is 0.273. The van der Waals surface area contributed by atoms with E-state index in [2.05, 4.69) is 26.1 Å². The van der Waals surface area contributed by atoms with E-state index in [9.17, 15) is 9.50 Å². The fourth-order valence-electron chi connectivity index (χ4n) is 1.32. The van der Waals surface area contributed by atoms with E-state index in [1.54, 1.807) is 13.0 Å². The number of aliphatic hydroxyl groups is 1. The molecule has 0 bridgehead atoms. The number of hydrogen-bond donors (Lipinski definition) is 1. The van der Waals surface area contributed by atoms with Gasteiger partial charge in [-0.3, -0.25) is 0 Å². The highest BCUT2D eigenvalue weighted by atomic mass is 79.9. The van der Waals surface area contributed by atoms with Crippen molar-refractivity contribution >= 4 is 15.9 Å². The van der Waals surface area contributed by atoms with Crippen LogP contribution in [0, 0.1) is 5.82 Å². The van der Waals surface area contributed by atoms with Crippen LogP contribution in [0.4, 0.5) is 4.39 Å². The molecule has 1 aromatic carbocycles. The standard InChI is InChI=1S/C11H10BrFN2O2/c1-2-9(16)10-14-11(17-15-10)7-5-6(13)3-4-8(7)12/h3-5,9,16H,2H2,1H3. The number of benzene rings is 1. The van der Waals surface area contributed by atoms with Crippen LogP contribution < -0.4 is 0 Å². The van der Waals surface area contributed by atoms with Crippen molar-refractivity contribution in [3.63, 3.8) is 0 Å². The lowest BCUT2D eigenvalue weighted by Crippen LogP contribution is -1.97. The van der Waals surface area contributed by atoms with Crippen LogP contribution in [-0.4, -0.2) is 15.2 Å². The zero-order valence-electron chi connectivity index (χ0n) is 9.02. The Kier molecular flexibility index (Phi) is 3.54. The quantitative estimate of drug-likeness (QED) is 0.946. The first-order chi connectivity index (χ1) is 8.11. The van der Waals surface area contributed by atoms with Crippen LogP contribution in [0.5, 0.6) is 0 Å². The number of nitrogens with zero attached hydrogens (tertiary/aromatic N) is 2. The predicted octanol–water partition coefficient (Wildman–Crippen LogP) is 3.08. The highest BCUT2D eigenvalue weighted by Gasteiger charge is 2.16. The summed E-state index contributed by atoms with van der Waals surface area (Å²) >= 11 is 3.27. The summed E-state index contributed by atoms with van der Waals surface area (Å²) in [5.41, 5.74) is 0.465. The predicted molar refractivity (Wildman–Crippen MR) is 62.6 cm³/mol. The van der Waals surface area contributed by atoms with Gasteiger partial charge in [0, 0.05) is 4.47 Å². The second-order valence-electron chi connectivity index (χ2n) is 3.51. The van der Waals surface area contributed by atoms with E-state index in [4.69, 9.17) is 4.52 Å². The molecule has 6 heteroatoms. The van der Waals surface area contributed by atoms with Crippen LogP contribution in [0.2, 0.25) is 0 Å². The number of aromatic nitrogens is 2. The van der Waals surface area contributed by atoms with Gasteiger partial charge in [-0.2, -0.15) is 4.98 Å². The third kappa shape index (κ3) is 2.53. The largest absolute Gasteiger partial charge is 0.385 e. The number of halogens is 2. The Labute approximate surface area is 106 Å². The molecular weight excluding hydrogens is 291 g/mol. The normalized spacial score (nSPS) is 12.7. The lowest BCUT2D eigenvalue weighted by atomic mass is 10.2. The van der Waals surface area contributed by atoms with Crippen molar-refractivity contribution in [2.75, 3.05) is 0 Å². The minimum absolute atomic E-state index is 0.180. The second-order valence-corrected chi connectivity index (χ2v) is 4.36. The first-order valence-corrected chi connectivity index (χ1v) is 5.88. The molecule has 0 fully saturated rings. The minimum atomic E-state index is -0.764. The molecular formula is C11H10BrFN2O2. The van der Waals surface area contributed by atoms with Crippen molar-refractivity contribution in [3.05, 3.63) is 34.3 Å². The molecule has 0 amide bonds. The average Bonchev–Trinajstić information content (AvgIpc) is 2.80. The molecule has 0 saturated heterocycles. The Morgan fingerprint density at radius 2 is 2.29 bits per heavy atom.